The molecule has 0 aliphatic carbocycles. The van der Waals surface area contributed by atoms with Crippen LogP contribution in [-0.2, 0) is 29.0 Å². The minimum atomic E-state index is -0.522. The average molecular weight is 529 g/mol. The van der Waals surface area contributed by atoms with Crippen molar-refractivity contribution in [3.8, 4) is 6.07 Å². The number of carbonyl (C=O) groups is 2. The number of anilines is 2. The fourth-order valence-corrected chi connectivity index (χ4v) is 5.41. The van der Waals surface area contributed by atoms with Crippen LogP contribution in [0.4, 0.5) is 11.4 Å². The molecule has 0 saturated heterocycles. The molecule has 4 aromatic carbocycles. The van der Waals surface area contributed by atoms with Gasteiger partial charge in [-0.3, -0.25) is 9.59 Å². The second-order valence-electron chi connectivity index (χ2n) is 10.1. The number of nitriles is 1. The number of primary amides is 1. The van der Waals surface area contributed by atoms with E-state index in [0.717, 1.165) is 52.0 Å². The lowest BCUT2D eigenvalue weighted by Gasteiger charge is -2.30. The maximum absolute atomic E-state index is 13.1. The molecule has 1 heterocycles. The second kappa shape index (κ2) is 12.3. The molecule has 2 amide bonds. The van der Waals surface area contributed by atoms with E-state index in [-0.39, 0.29) is 11.8 Å². The van der Waals surface area contributed by atoms with E-state index in [1.54, 1.807) is 12.1 Å². The Bertz CT molecular complexity index is 1540. The fourth-order valence-electron chi connectivity index (χ4n) is 5.41. The van der Waals surface area contributed by atoms with Gasteiger partial charge in [0.05, 0.1) is 17.6 Å². The van der Waals surface area contributed by atoms with Crippen LogP contribution in [0.15, 0.2) is 97.1 Å². The summed E-state index contributed by atoms with van der Waals surface area (Å²) in [5.41, 5.74) is 13.4. The van der Waals surface area contributed by atoms with Gasteiger partial charge in [-0.05, 0) is 77.4 Å². The highest BCUT2D eigenvalue weighted by atomic mass is 16.2. The summed E-state index contributed by atoms with van der Waals surface area (Å²) in [6.45, 7) is 1.26. The highest BCUT2D eigenvalue weighted by Gasteiger charge is 2.24. The smallest absolute Gasteiger partial charge is 0.229 e. The van der Waals surface area contributed by atoms with Gasteiger partial charge in [-0.1, -0.05) is 66.7 Å². The zero-order valence-corrected chi connectivity index (χ0v) is 22.3. The Morgan fingerprint density at radius 2 is 1.70 bits per heavy atom. The third-order valence-corrected chi connectivity index (χ3v) is 7.48. The molecular weight excluding hydrogens is 496 g/mol. The first-order valence-electron chi connectivity index (χ1n) is 13.6. The summed E-state index contributed by atoms with van der Waals surface area (Å²) >= 11 is 0. The molecule has 6 heteroatoms. The van der Waals surface area contributed by atoms with Crippen molar-refractivity contribution in [3.05, 3.63) is 130 Å². The van der Waals surface area contributed by atoms with E-state index in [9.17, 15) is 9.59 Å². The molecule has 1 aliphatic heterocycles. The lowest BCUT2D eigenvalue weighted by molar-refractivity contribution is -0.119. The van der Waals surface area contributed by atoms with Crippen LogP contribution in [-0.4, -0.2) is 18.4 Å². The summed E-state index contributed by atoms with van der Waals surface area (Å²) in [7, 11) is 0. The highest BCUT2D eigenvalue weighted by molar-refractivity contribution is 5.95. The van der Waals surface area contributed by atoms with Crippen molar-refractivity contribution >= 4 is 23.2 Å². The van der Waals surface area contributed by atoms with Gasteiger partial charge in [0, 0.05) is 30.9 Å². The Morgan fingerprint density at radius 3 is 2.45 bits per heavy atom. The molecule has 0 bridgehead atoms. The molecule has 3 N–H and O–H groups in total. The van der Waals surface area contributed by atoms with E-state index >= 15 is 0 Å². The molecule has 0 aromatic heterocycles. The quantitative estimate of drug-likeness (QED) is 0.291. The first-order valence-corrected chi connectivity index (χ1v) is 13.6. The van der Waals surface area contributed by atoms with E-state index in [4.69, 9.17) is 11.0 Å². The van der Waals surface area contributed by atoms with Crippen molar-refractivity contribution in [1.82, 2.24) is 0 Å². The molecule has 200 valence electrons. The standard InChI is InChI=1S/C34H32N4O2/c35-22-25-14-12-24(13-15-25)16-19-32(39)38-20-6-10-27-21-29(17-18-31(27)38)37-23-28-9-4-5-11-30(28)33(34(36)40)26-7-2-1-3-8-26/h1-5,7-9,11-15,17-18,21,33,37H,6,10,16,19-20,23H2,(H2,36,40). The van der Waals surface area contributed by atoms with Gasteiger partial charge < -0.3 is 16.0 Å². The van der Waals surface area contributed by atoms with Crippen LogP contribution >= 0.6 is 0 Å². The van der Waals surface area contributed by atoms with E-state index in [2.05, 4.69) is 17.5 Å². The van der Waals surface area contributed by atoms with Crippen LogP contribution in [0.25, 0.3) is 0 Å². The zero-order valence-electron chi connectivity index (χ0n) is 22.3. The lowest BCUT2D eigenvalue weighted by Crippen LogP contribution is -2.35. The van der Waals surface area contributed by atoms with Crippen molar-refractivity contribution in [3.63, 3.8) is 0 Å². The molecule has 5 rings (SSSR count). The summed E-state index contributed by atoms with van der Waals surface area (Å²) in [4.78, 5) is 27.5. The molecule has 1 unspecified atom stereocenters. The Labute approximate surface area is 235 Å². The van der Waals surface area contributed by atoms with Crippen molar-refractivity contribution in [2.45, 2.75) is 38.1 Å². The van der Waals surface area contributed by atoms with Crippen LogP contribution in [0.3, 0.4) is 0 Å². The largest absolute Gasteiger partial charge is 0.381 e. The number of benzene rings is 4. The van der Waals surface area contributed by atoms with Gasteiger partial charge in [-0.25, -0.2) is 0 Å². The maximum Gasteiger partial charge on any atom is 0.229 e. The highest BCUT2D eigenvalue weighted by Crippen LogP contribution is 2.32. The van der Waals surface area contributed by atoms with Crippen LogP contribution < -0.4 is 16.0 Å². The van der Waals surface area contributed by atoms with Gasteiger partial charge in [0.2, 0.25) is 11.8 Å². The molecule has 40 heavy (non-hydrogen) atoms. The minimum Gasteiger partial charge on any atom is -0.381 e. The number of nitrogens with two attached hydrogens (primary N) is 1. The predicted octanol–water partition coefficient (Wildman–Crippen LogP) is 5.70. The normalized spacial score (nSPS) is 13.1. The third-order valence-electron chi connectivity index (χ3n) is 7.48. The molecule has 0 radical (unpaired) electrons. The van der Waals surface area contributed by atoms with Gasteiger partial charge in [-0.2, -0.15) is 5.26 Å². The minimum absolute atomic E-state index is 0.110. The number of amides is 2. The molecule has 0 saturated carbocycles. The monoisotopic (exact) mass is 528 g/mol. The number of aryl methyl sites for hydroxylation is 2. The van der Waals surface area contributed by atoms with E-state index in [0.29, 0.717) is 31.5 Å². The Hall–Kier alpha value is -4.89. The zero-order chi connectivity index (χ0) is 27.9. The van der Waals surface area contributed by atoms with Crippen LogP contribution in [0.5, 0.6) is 0 Å². The van der Waals surface area contributed by atoms with E-state index in [1.165, 1.54) is 0 Å². The van der Waals surface area contributed by atoms with E-state index in [1.807, 2.05) is 83.8 Å². The molecule has 1 atom stereocenters. The van der Waals surface area contributed by atoms with Gasteiger partial charge in [-0.15, -0.1) is 0 Å². The van der Waals surface area contributed by atoms with Crippen LogP contribution in [0.1, 0.15) is 52.1 Å². The van der Waals surface area contributed by atoms with Crippen molar-refractivity contribution in [2.75, 3.05) is 16.8 Å². The first kappa shape index (κ1) is 26.7. The van der Waals surface area contributed by atoms with Gasteiger partial charge in [0.15, 0.2) is 0 Å². The molecular formula is C34H32N4O2. The van der Waals surface area contributed by atoms with Crippen LogP contribution in [0.2, 0.25) is 0 Å². The molecule has 4 aromatic rings. The third kappa shape index (κ3) is 6.05. The summed E-state index contributed by atoms with van der Waals surface area (Å²) in [5.74, 6) is -0.790. The fraction of sp³-hybridized carbons (Fsp3) is 0.206. The average Bonchev–Trinajstić information content (AvgIpc) is 2.99. The number of hydrogen-bond acceptors (Lipinski definition) is 4. The number of fused-ring (bicyclic) bond motifs is 1. The van der Waals surface area contributed by atoms with Crippen molar-refractivity contribution in [2.24, 2.45) is 5.73 Å². The molecule has 1 aliphatic rings. The summed E-state index contributed by atoms with van der Waals surface area (Å²) < 4.78 is 0. The SMILES string of the molecule is N#Cc1ccc(CCC(=O)N2CCCc3cc(NCc4ccccc4C(C(N)=O)c4ccccc4)ccc32)cc1. The van der Waals surface area contributed by atoms with Gasteiger partial charge in [0.25, 0.3) is 0 Å². The lowest BCUT2D eigenvalue weighted by atomic mass is 9.87. The van der Waals surface area contributed by atoms with Crippen molar-refractivity contribution < 1.29 is 9.59 Å². The Morgan fingerprint density at radius 1 is 0.950 bits per heavy atom. The number of rotatable bonds is 9. The van der Waals surface area contributed by atoms with E-state index < -0.39 is 5.92 Å². The number of nitrogens with zero attached hydrogens (tertiary/aromatic N) is 2. The number of carbonyl (C=O) groups excluding carboxylic acids is 2. The van der Waals surface area contributed by atoms with Crippen molar-refractivity contribution in [1.29, 1.82) is 5.26 Å². The summed E-state index contributed by atoms with van der Waals surface area (Å²) in [5, 5.41) is 12.5. The Balaban J connectivity index is 1.28. The number of hydrogen-bond donors (Lipinski definition) is 2. The summed E-state index contributed by atoms with van der Waals surface area (Å²) in [6.07, 6.45) is 2.90. The molecule has 6 nitrogen and oxygen atoms in total. The topological polar surface area (TPSA) is 99.2 Å². The van der Waals surface area contributed by atoms with Gasteiger partial charge >= 0.3 is 0 Å². The summed E-state index contributed by atoms with van der Waals surface area (Å²) in [6, 6.07) is 33.2. The molecule has 0 spiro atoms. The van der Waals surface area contributed by atoms with Crippen LogP contribution in [0, 0.1) is 11.3 Å². The predicted molar refractivity (Wildman–Crippen MR) is 158 cm³/mol. The maximum atomic E-state index is 13.1. The Kier molecular flexibility index (Phi) is 8.22. The number of nitrogens with one attached hydrogen (secondary N) is 1. The first-order chi connectivity index (χ1) is 19.5. The van der Waals surface area contributed by atoms with Gasteiger partial charge in [0.1, 0.15) is 0 Å². The second-order valence-corrected chi connectivity index (χ2v) is 10.1. The molecule has 0 fully saturated rings.